The molecule has 0 saturated heterocycles. The maximum absolute atomic E-state index is 13.6. The van der Waals surface area contributed by atoms with Gasteiger partial charge in [0, 0.05) is 5.56 Å². The predicted molar refractivity (Wildman–Crippen MR) is 108 cm³/mol. The summed E-state index contributed by atoms with van der Waals surface area (Å²) in [7, 11) is 0. The van der Waals surface area contributed by atoms with E-state index >= 15 is 0 Å². The average molecular weight is 398 g/mol. The summed E-state index contributed by atoms with van der Waals surface area (Å²) in [6.07, 6.45) is 0. The predicted octanol–water partition coefficient (Wildman–Crippen LogP) is 3.20. The Hall–Kier alpha value is -3.03. The lowest BCUT2D eigenvalue weighted by molar-refractivity contribution is -0.676. The van der Waals surface area contributed by atoms with E-state index in [2.05, 4.69) is 10.6 Å². The van der Waals surface area contributed by atoms with Crippen molar-refractivity contribution in [3.8, 4) is 0 Å². The number of quaternary nitrogens is 1. The zero-order valence-electron chi connectivity index (χ0n) is 15.3. The highest BCUT2D eigenvalue weighted by Crippen LogP contribution is 2.22. The zero-order chi connectivity index (χ0) is 19.9. The van der Waals surface area contributed by atoms with Crippen LogP contribution in [-0.4, -0.2) is 18.5 Å². The van der Waals surface area contributed by atoms with Crippen molar-refractivity contribution in [2.24, 2.45) is 0 Å². The molecule has 1 atom stereocenters. The summed E-state index contributed by atoms with van der Waals surface area (Å²) in [6.45, 7) is 2.08. The van der Waals surface area contributed by atoms with Gasteiger partial charge in [0.15, 0.2) is 6.54 Å². The highest BCUT2D eigenvalue weighted by molar-refractivity contribution is 7.10. The molecule has 1 heterocycles. The summed E-state index contributed by atoms with van der Waals surface area (Å²) in [5.41, 5.74) is 2.26. The van der Waals surface area contributed by atoms with Crippen molar-refractivity contribution in [3.63, 3.8) is 0 Å². The summed E-state index contributed by atoms with van der Waals surface area (Å²) in [5, 5.41) is 8.44. The number of amides is 3. The highest BCUT2D eigenvalue weighted by atomic mass is 32.1. The number of imide groups is 1. The maximum Gasteiger partial charge on any atom is 0.326 e. The Bertz CT molecular complexity index is 943. The number of anilines is 1. The summed E-state index contributed by atoms with van der Waals surface area (Å²) in [6, 6.07) is 17.1. The van der Waals surface area contributed by atoms with Crippen LogP contribution in [0.25, 0.3) is 0 Å². The number of carbonyl (C=O) groups is 2. The van der Waals surface area contributed by atoms with Crippen molar-refractivity contribution in [1.29, 1.82) is 0 Å². The van der Waals surface area contributed by atoms with Gasteiger partial charge in [0.2, 0.25) is 0 Å². The van der Waals surface area contributed by atoms with Crippen LogP contribution in [0.4, 0.5) is 14.9 Å². The number of nitrogens with one attached hydrogen (secondary N) is 2. The lowest BCUT2D eigenvalue weighted by Gasteiger charge is -2.15. The van der Waals surface area contributed by atoms with E-state index in [0.717, 1.165) is 16.0 Å². The first-order valence-electron chi connectivity index (χ1n) is 8.81. The topological polar surface area (TPSA) is 74.8 Å². The second-order valence-corrected chi connectivity index (χ2v) is 7.31. The van der Waals surface area contributed by atoms with Crippen LogP contribution in [0, 0.1) is 12.7 Å². The van der Waals surface area contributed by atoms with Crippen LogP contribution in [0.5, 0.6) is 0 Å². The molecule has 7 heteroatoms. The molecule has 0 radical (unpaired) electrons. The first-order chi connectivity index (χ1) is 13.5. The van der Waals surface area contributed by atoms with E-state index in [1.165, 1.54) is 18.2 Å². The van der Waals surface area contributed by atoms with E-state index in [1.807, 2.05) is 54.0 Å². The quantitative estimate of drug-likeness (QED) is 0.597. The van der Waals surface area contributed by atoms with Gasteiger partial charge in [-0.05, 0) is 30.5 Å². The van der Waals surface area contributed by atoms with E-state index < -0.39 is 17.8 Å². The molecule has 0 aliphatic heterocycles. The van der Waals surface area contributed by atoms with Crippen LogP contribution in [0.15, 0.2) is 66.0 Å². The van der Waals surface area contributed by atoms with Crippen molar-refractivity contribution in [2.45, 2.75) is 13.0 Å². The summed E-state index contributed by atoms with van der Waals surface area (Å²) < 4.78 is 13.6. The molecular formula is C21H21FN3O2S+. The molecule has 3 amide bonds. The number of rotatable bonds is 6. The third kappa shape index (κ3) is 5.25. The lowest BCUT2D eigenvalue weighted by Crippen LogP contribution is -2.87. The Labute approximate surface area is 166 Å². The molecule has 5 nitrogen and oxygen atoms in total. The zero-order valence-corrected chi connectivity index (χ0v) is 16.1. The van der Waals surface area contributed by atoms with Gasteiger partial charge < -0.3 is 10.6 Å². The summed E-state index contributed by atoms with van der Waals surface area (Å²) >= 11 is 1.62. The number of carbonyl (C=O) groups excluding carboxylic acids is 2. The van der Waals surface area contributed by atoms with E-state index in [-0.39, 0.29) is 18.3 Å². The Morgan fingerprint density at radius 3 is 2.50 bits per heavy atom. The molecule has 0 aliphatic carbocycles. The first-order valence-corrected chi connectivity index (χ1v) is 9.69. The molecule has 0 spiro atoms. The van der Waals surface area contributed by atoms with Crippen molar-refractivity contribution < 1.29 is 19.3 Å². The van der Waals surface area contributed by atoms with Gasteiger partial charge in [-0.25, -0.2) is 9.18 Å². The standard InChI is InChI=1S/C21H20FN3O2S/c1-14-8-10-15(11-9-14)20(18-7-4-12-28-18)23-13-19(26)25-21(27)24-17-6-3-2-5-16(17)22/h2-12,20,23H,13H2,1H3,(H2,24,25,26,27)/p+1/t20-/m0/s1. The molecule has 144 valence electrons. The molecule has 4 N–H and O–H groups in total. The minimum absolute atomic E-state index is 0.0212. The van der Waals surface area contributed by atoms with Crippen LogP contribution in [0.1, 0.15) is 22.0 Å². The molecule has 0 aliphatic rings. The fourth-order valence-corrected chi connectivity index (χ4v) is 3.63. The number of nitrogens with two attached hydrogens (primary N) is 1. The number of hydrogen-bond donors (Lipinski definition) is 3. The fourth-order valence-electron chi connectivity index (χ4n) is 2.78. The van der Waals surface area contributed by atoms with Crippen LogP contribution in [0.2, 0.25) is 0 Å². The Morgan fingerprint density at radius 2 is 1.82 bits per heavy atom. The molecule has 0 unspecified atom stereocenters. The smallest absolute Gasteiger partial charge is 0.326 e. The van der Waals surface area contributed by atoms with E-state index in [9.17, 15) is 14.0 Å². The molecule has 1 aromatic heterocycles. The van der Waals surface area contributed by atoms with E-state index in [0.29, 0.717) is 0 Å². The van der Waals surface area contributed by atoms with E-state index in [4.69, 9.17) is 0 Å². The van der Waals surface area contributed by atoms with Gasteiger partial charge in [-0.1, -0.05) is 48.0 Å². The maximum atomic E-state index is 13.6. The van der Waals surface area contributed by atoms with Gasteiger partial charge in [-0.15, -0.1) is 11.3 Å². The molecule has 3 rings (SSSR count). The highest BCUT2D eigenvalue weighted by Gasteiger charge is 2.21. The second kappa shape index (κ2) is 9.25. The van der Waals surface area contributed by atoms with Crippen molar-refractivity contribution in [2.75, 3.05) is 11.9 Å². The minimum atomic E-state index is -0.758. The molecule has 3 aromatic rings. The van der Waals surface area contributed by atoms with Gasteiger partial charge in [0.25, 0.3) is 5.91 Å². The number of aryl methyl sites for hydroxylation is 1. The molecule has 0 saturated carbocycles. The van der Waals surface area contributed by atoms with Gasteiger partial charge in [0.1, 0.15) is 11.9 Å². The average Bonchev–Trinajstić information content (AvgIpc) is 3.19. The number of urea groups is 1. The van der Waals surface area contributed by atoms with Crippen molar-refractivity contribution >= 4 is 29.0 Å². The molecule has 0 fully saturated rings. The van der Waals surface area contributed by atoms with Gasteiger partial charge in [0.05, 0.1) is 10.6 Å². The van der Waals surface area contributed by atoms with E-state index in [1.54, 1.807) is 17.4 Å². The number of hydrogen-bond acceptors (Lipinski definition) is 3. The Balaban J connectivity index is 1.60. The van der Waals surface area contributed by atoms with Crippen molar-refractivity contribution in [1.82, 2.24) is 5.32 Å². The Morgan fingerprint density at radius 1 is 1.07 bits per heavy atom. The monoisotopic (exact) mass is 398 g/mol. The van der Waals surface area contributed by atoms with Crippen LogP contribution in [0.3, 0.4) is 0 Å². The summed E-state index contributed by atoms with van der Waals surface area (Å²) in [4.78, 5) is 25.2. The number of halogens is 1. The first kappa shape index (κ1) is 19.7. The number of thiophene rings is 1. The van der Waals surface area contributed by atoms with Gasteiger partial charge in [-0.3, -0.25) is 10.1 Å². The third-order valence-corrected chi connectivity index (χ3v) is 5.16. The van der Waals surface area contributed by atoms with Crippen molar-refractivity contribution in [3.05, 3.63) is 87.9 Å². The minimum Gasteiger partial charge on any atom is -0.328 e. The fraction of sp³-hybridized carbons (Fsp3) is 0.143. The van der Waals surface area contributed by atoms with Gasteiger partial charge in [-0.2, -0.15) is 0 Å². The van der Waals surface area contributed by atoms with Crippen LogP contribution < -0.4 is 16.0 Å². The summed E-state index contributed by atoms with van der Waals surface area (Å²) in [5.74, 6) is -1.02. The van der Waals surface area contributed by atoms with Gasteiger partial charge >= 0.3 is 6.03 Å². The largest absolute Gasteiger partial charge is 0.328 e. The molecule has 28 heavy (non-hydrogen) atoms. The second-order valence-electron chi connectivity index (χ2n) is 6.33. The molecular weight excluding hydrogens is 377 g/mol. The number of benzene rings is 2. The Kier molecular flexibility index (Phi) is 6.52. The lowest BCUT2D eigenvalue weighted by atomic mass is 10.0. The molecule has 0 bridgehead atoms. The third-order valence-electron chi connectivity index (χ3n) is 4.20. The SMILES string of the molecule is Cc1ccc([C@H]([NH2+]CC(=O)NC(=O)Nc2ccccc2F)c2cccs2)cc1. The normalized spacial score (nSPS) is 11.6. The van der Waals surface area contributed by atoms with Crippen LogP contribution >= 0.6 is 11.3 Å². The van der Waals surface area contributed by atoms with Crippen LogP contribution in [-0.2, 0) is 4.79 Å². The number of para-hydroxylation sites is 1. The molecule has 2 aromatic carbocycles.